The summed E-state index contributed by atoms with van der Waals surface area (Å²) in [6.07, 6.45) is 8.62. The highest BCUT2D eigenvalue weighted by atomic mass is 16.5. The number of hydrogen-bond acceptors (Lipinski definition) is 5. The lowest BCUT2D eigenvalue weighted by Gasteiger charge is -2.32. The lowest BCUT2D eigenvalue weighted by atomic mass is 9.89. The number of ether oxygens (including phenoxy) is 1. The number of pyridine rings is 1. The van der Waals surface area contributed by atoms with Gasteiger partial charge in [0.25, 0.3) is 5.56 Å². The quantitative estimate of drug-likeness (QED) is 0.682. The minimum Gasteiger partial charge on any atom is -0.493 e. The summed E-state index contributed by atoms with van der Waals surface area (Å²) < 4.78 is 7.48. The largest absolute Gasteiger partial charge is 0.493 e. The molecule has 160 valence electrons. The molecule has 5 rings (SSSR count). The summed E-state index contributed by atoms with van der Waals surface area (Å²) in [6, 6.07) is 16.3. The van der Waals surface area contributed by atoms with Crippen LogP contribution >= 0.6 is 0 Å². The molecule has 1 aliphatic carbocycles. The van der Waals surface area contributed by atoms with Crippen molar-refractivity contribution in [2.45, 2.75) is 50.1 Å². The second-order valence-corrected chi connectivity index (χ2v) is 8.53. The molecule has 6 nitrogen and oxygen atoms in total. The van der Waals surface area contributed by atoms with Crippen LogP contribution in [0.3, 0.4) is 0 Å². The zero-order chi connectivity index (χ0) is 21.0. The summed E-state index contributed by atoms with van der Waals surface area (Å²) in [4.78, 5) is 16.7. The van der Waals surface area contributed by atoms with Crippen molar-refractivity contribution in [3.8, 4) is 17.0 Å². The number of hydrogen-bond donors (Lipinski definition) is 1. The molecule has 6 heteroatoms. The maximum Gasteiger partial charge on any atom is 0.267 e. The molecule has 0 amide bonds. The van der Waals surface area contributed by atoms with Crippen LogP contribution in [0.5, 0.6) is 5.75 Å². The maximum absolute atomic E-state index is 12.5. The van der Waals surface area contributed by atoms with E-state index in [4.69, 9.17) is 4.74 Å². The van der Waals surface area contributed by atoms with Crippen molar-refractivity contribution in [1.29, 1.82) is 0 Å². The molecule has 0 bridgehead atoms. The molecule has 0 spiro atoms. The number of aromatic nitrogens is 3. The van der Waals surface area contributed by atoms with E-state index < -0.39 is 0 Å². The zero-order valence-corrected chi connectivity index (χ0v) is 17.6. The first kappa shape index (κ1) is 19.9. The predicted molar refractivity (Wildman–Crippen MR) is 120 cm³/mol. The monoisotopic (exact) mass is 416 g/mol. The van der Waals surface area contributed by atoms with Crippen LogP contribution in [0.2, 0.25) is 0 Å². The van der Waals surface area contributed by atoms with Crippen molar-refractivity contribution in [3.63, 3.8) is 0 Å². The Hall–Kier alpha value is -2.99. The van der Waals surface area contributed by atoms with Gasteiger partial charge in [0.1, 0.15) is 5.75 Å². The van der Waals surface area contributed by atoms with Crippen LogP contribution in [0.1, 0.15) is 49.6 Å². The summed E-state index contributed by atoms with van der Waals surface area (Å²) in [5.74, 6) is 1.53. The molecule has 3 aromatic rings. The topological polar surface area (TPSA) is 69.0 Å². The fraction of sp³-hybridized carbons (Fsp3) is 0.400. The summed E-state index contributed by atoms with van der Waals surface area (Å²) in [6.45, 7) is 1.77. The maximum atomic E-state index is 12.5. The first-order chi connectivity index (χ1) is 15.3. The van der Waals surface area contributed by atoms with E-state index in [1.807, 2.05) is 18.2 Å². The fourth-order valence-corrected chi connectivity index (χ4v) is 4.82. The molecular weight excluding hydrogens is 388 g/mol. The smallest absolute Gasteiger partial charge is 0.267 e. The van der Waals surface area contributed by atoms with Crippen LogP contribution in [0, 0.1) is 0 Å². The lowest BCUT2D eigenvalue weighted by Crippen LogP contribution is -2.39. The third-order valence-electron chi connectivity index (χ3n) is 6.56. The minimum absolute atomic E-state index is 0.0251. The summed E-state index contributed by atoms with van der Waals surface area (Å²) in [7, 11) is 0. The van der Waals surface area contributed by atoms with E-state index in [1.54, 1.807) is 29.2 Å². The van der Waals surface area contributed by atoms with E-state index in [0.717, 1.165) is 62.3 Å². The van der Waals surface area contributed by atoms with E-state index in [2.05, 4.69) is 33.6 Å². The molecule has 0 saturated heterocycles. The molecule has 31 heavy (non-hydrogen) atoms. The van der Waals surface area contributed by atoms with Gasteiger partial charge in [-0.1, -0.05) is 18.2 Å². The Kier molecular flexibility index (Phi) is 5.80. The second-order valence-electron chi connectivity index (χ2n) is 8.53. The van der Waals surface area contributed by atoms with Crippen molar-refractivity contribution in [3.05, 3.63) is 76.8 Å². The van der Waals surface area contributed by atoms with E-state index in [-0.39, 0.29) is 11.6 Å². The van der Waals surface area contributed by atoms with Crippen molar-refractivity contribution in [2.75, 3.05) is 13.2 Å². The highest BCUT2D eigenvalue weighted by molar-refractivity contribution is 5.56. The number of nitrogens with zero attached hydrogens (tertiary/aromatic N) is 3. The van der Waals surface area contributed by atoms with Crippen molar-refractivity contribution in [1.82, 2.24) is 20.1 Å². The number of para-hydroxylation sites is 1. The first-order valence-corrected chi connectivity index (χ1v) is 11.2. The molecule has 2 aromatic heterocycles. The SMILES string of the molecule is O=c1ccc(-c2cccnc2)nn1C1CCC(NCC2CCOc3ccccc32)CC1. The number of rotatable bonds is 5. The average molecular weight is 417 g/mol. The molecule has 1 N–H and O–H groups in total. The molecule has 2 aliphatic rings. The average Bonchev–Trinajstić information content (AvgIpc) is 2.84. The van der Waals surface area contributed by atoms with E-state index in [9.17, 15) is 4.79 Å². The highest BCUT2D eigenvalue weighted by Crippen LogP contribution is 2.34. The molecular formula is C25H28N4O2. The molecule has 1 atom stereocenters. The van der Waals surface area contributed by atoms with Gasteiger partial charge in [0, 0.05) is 42.5 Å². The van der Waals surface area contributed by atoms with Crippen LogP contribution in [-0.2, 0) is 0 Å². The molecule has 1 saturated carbocycles. The van der Waals surface area contributed by atoms with Crippen LogP contribution in [-0.4, -0.2) is 34.0 Å². The highest BCUT2D eigenvalue weighted by Gasteiger charge is 2.26. The molecule has 1 aromatic carbocycles. The Morgan fingerprint density at radius 3 is 2.71 bits per heavy atom. The van der Waals surface area contributed by atoms with Gasteiger partial charge in [-0.05, 0) is 61.9 Å². The molecule has 1 unspecified atom stereocenters. The first-order valence-electron chi connectivity index (χ1n) is 11.2. The van der Waals surface area contributed by atoms with Gasteiger partial charge in [0.05, 0.1) is 18.3 Å². The Morgan fingerprint density at radius 1 is 1.00 bits per heavy atom. The van der Waals surface area contributed by atoms with Gasteiger partial charge in [-0.15, -0.1) is 0 Å². The fourth-order valence-electron chi connectivity index (χ4n) is 4.82. The minimum atomic E-state index is -0.0251. The van der Waals surface area contributed by atoms with Crippen molar-refractivity contribution < 1.29 is 4.74 Å². The van der Waals surface area contributed by atoms with Gasteiger partial charge in [0.15, 0.2) is 0 Å². The third-order valence-corrected chi connectivity index (χ3v) is 6.56. The van der Waals surface area contributed by atoms with Crippen LogP contribution in [0.15, 0.2) is 65.7 Å². The van der Waals surface area contributed by atoms with Gasteiger partial charge < -0.3 is 10.1 Å². The van der Waals surface area contributed by atoms with Gasteiger partial charge in [-0.3, -0.25) is 9.78 Å². The van der Waals surface area contributed by atoms with Crippen molar-refractivity contribution in [2.24, 2.45) is 0 Å². The summed E-state index contributed by atoms with van der Waals surface area (Å²) in [5, 5.41) is 8.45. The molecule has 1 fully saturated rings. The molecule has 1 aliphatic heterocycles. The Morgan fingerprint density at radius 2 is 1.87 bits per heavy atom. The lowest BCUT2D eigenvalue weighted by molar-refractivity contribution is 0.244. The van der Waals surface area contributed by atoms with Gasteiger partial charge >= 0.3 is 0 Å². The van der Waals surface area contributed by atoms with E-state index in [0.29, 0.717) is 12.0 Å². The van der Waals surface area contributed by atoms with Crippen LogP contribution in [0.25, 0.3) is 11.3 Å². The zero-order valence-electron chi connectivity index (χ0n) is 17.6. The van der Waals surface area contributed by atoms with E-state index in [1.165, 1.54) is 5.56 Å². The number of benzene rings is 1. The number of nitrogens with one attached hydrogen (secondary N) is 1. The molecule has 0 radical (unpaired) electrons. The normalized spacial score (nSPS) is 23.0. The van der Waals surface area contributed by atoms with Gasteiger partial charge in [-0.25, -0.2) is 4.68 Å². The van der Waals surface area contributed by atoms with Gasteiger partial charge in [-0.2, -0.15) is 5.10 Å². The van der Waals surface area contributed by atoms with Gasteiger partial charge in [0.2, 0.25) is 0 Å². The van der Waals surface area contributed by atoms with Crippen LogP contribution < -0.4 is 15.6 Å². The summed E-state index contributed by atoms with van der Waals surface area (Å²) in [5.41, 5.74) is 3.02. The Bertz CT molecular complexity index is 1070. The van der Waals surface area contributed by atoms with Crippen molar-refractivity contribution >= 4 is 0 Å². The molecule has 3 heterocycles. The Balaban J connectivity index is 1.20. The predicted octanol–water partition coefficient (Wildman–Crippen LogP) is 3.94. The van der Waals surface area contributed by atoms with Crippen LogP contribution in [0.4, 0.5) is 0 Å². The number of fused-ring (bicyclic) bond motifs is 1. The summed E-state index contributed by atoms with van der Waals surface area (Å²) >= 11 is 0. The standard InChI is InChI=1S/C25H28N4O2/c30-25-12-11-23(19-4-3-14-26-16-19)28-29(25)21-9-7-20(8-10-21)27-17-18-13-15-31-24-6-2-1-5-22(18)24/h1-6,11-12,14,16,18,20-21,27H,7-10,13,15,17H2. The van der Waals surface area contributed by atoms with E-state index >= 15 is 0 Å². The second kappa shape index (κ2) is 9.02. The Labute approximate surface area is 182 Å². The third kappa shape index (κ3) is 4.39.